The lowest BCUT2D eigenvalue weighted by Gasteiger charge is -2.37. The van der Waals surface area contributed by atoms with E-state index in [0.717, 1.165) is 6.54 Å². The third-order valence-corrected chi connectivity index (χ3v) is 3.49. The number of hydrogen-bond donors (Lipinski definition) is 2. The maximum Gasteiger partial charge on any atom is 0.0127 e. The molecule has 0 saturated heterocycles. The molecule has 0 aromatic rings. The van der Waals surface area contributed by atoms with Crippen LogP contribution in [-0.4, -0.2) is 26.4 Å². The highest BCUT2D eigenvalue weighted by Crippen LogP contribution is 2.35. The van der Waals surface area contributed by atoms with Crippen molar-refractivity contribution in [2.24, 2.45) is 5.41 Å². The van der Waals surface area contributed by atoms with Crippen LogP contribution in [0.5, 0.6) is 0 Å². The summed E-state index contributed by atoms with van der Waals surface area (Å²) < 4.78 is 3.42. The van der Waals surface area contributed by atoms with Gasteiger partial charge in [0.05, 0.1) is 0 Å². The van der Waals surface area contributed by atoms with Crippen LogP contribution in [0.25, 0.3) is 0 Å². The number of hydrogen-bond acceptors (Lipinski definition) is 3. The molecule has 0 heterocycles. The second-order valence-electron chi connectivity index (χ2n) is 4.12. The highest BCUT2D eigenvalue weighted by atomic mass is 32.2. The molecule has 0 spiro atoms. The van der Waals surface area contributed by atoms with E-state index < -0.39 is 0 Å². The van der Waals surface area contributed by atoms with Crippen molar-refractivity contribution < 1.29 is 0 Å². The van der Waals surface area contributed by atoms with Gasteiger partial charge in [0.25, 0.3) is 0 Å². The Kier molecular flexibility index (Phi) is 5.14. The van der Waals surface area contributed by atoms with Gasteiger partial charge in [-0.2, -0.15) is 0 Å². The third kappa shape index (κ3) is 3.49. The average molecular weight is 202 g/mol. The molecule has 1 rings (SSSR count). The highest BCUT2D eigenvalue weighted by molar-refractivity contribution is 7.96. The Bertz CT molecular complexity index is 127. The minimum Gasteiger partial charge on any atom is -0.319 e. The third-order valence-electron chi connectivity index (χ3n) is 3.06. The molecule has 0 aromatic heterocycles. The van der Waals surface area contributed by atoms with Crippen LogP contribution in [0, 0.1) is 5.41 Å². The smallest absolute Gasteiger partial charge is 0.0127 e. The minimum atomic E-state index is 0.538. The first-order chi connectivity index (χ1) is 6.33. The summed E-state index contributed by atoms with van der Waals surface area (Å²) in [5.41, 5.74) is 0.538. The van der Waals surface area contributed by atoms with E-state index in [0.29, 0.717) is 5.41 Å². The van der Waals surface area contributed by atoms with Gasteiger partial charge in [0.15, 0.2) is 0 Å². The quantitative estimate of drug-likeness (QED) is 0.667. The SMILES string of the molecule is CNCC1(CNSC)CCCCC1. The van der Waals surface area contributed by atoms with E-state index in [1.807, 2.05) is 0 Å². The number of rotatable bonds is 5. The molecular formula is C10H22N2S. The molecule has 2 nitrogen and oxygen atoms in total. The first-order valence-electron chi connectivity index (χ1n) is 5.23. The summed E-state index contributed by atoms with van der Waals surface area (Å²) >= 11 is 1.74. The molecule has 78 valence electrons. The molecule has 0 radical (unpaired) electrons. The fraction of sp³-hybridized carbons (Fsp3) is 1.00. The summed E-state index contributed by atoms with van der Waals surface area (Å²) in [5, 5.41) is 3.34. The summed E-state index contributed by atoms with van der Waals surface area (Å²) in [6.07, 6.45) is 9.15. The zero-order valence-electron chi connectivity index (χ0n) is 8.86. The molecule has 13 heavy (non-hydrogen) atoms. The van der Waals surface area contributed by atoms with Gasteiger partial charge in [-0.05, 0) is 31.6 Å². The van der Waals surface area contributed by atoms with E-state index in [1.165, 1.54) is 38.6 Å². The Morgan fingerprint density at radius 2 is 1.85 bits per heavy atom. The lowest BCUT2D eigenvalue weighted by atomic mass is 9.74. The zero-order chi connectivity index (χ0) is 9.57. The Morgan fingerprint density at radius 1 is 1.15 bits per heavy atom. The lowest BCUT2D eigenvalue weighted by Crippen LogP contribution is -2.41. The van der Waals surface area contributed by atoms with Crippen molar-refractivity contribution in [2.45, 2.75) is 32.1 Å². The summed E-state index contributed by atoms with van der Waals surface area (Å²) in [6.45, 7) is 2.33. The van der Waals surface area contributed by atoms with Crippen molar-refractivity contribution in [1.82, 2.24) is 10.0 Å². The standard InChI is InChI=1S/C10H22N2S/c1-11-8-10(9-12-13-2)6-4-3-5-7-10/h11-12H,3-9H2,1-2H3. The summed E-state index contributed by atoms with van der Waals surface area (Å²) in [4.78, 5) is 0. The zero-order valence-corrected chi connectivity index (χ0v) is 9.67. The van der Waals surface area contributed by atoms with E-state index in [-0.39, 0.29) is 0 Å². The van der Waals surface area contributed by atoms with Crippen LogP contribution in [0.4, 0.5) is 0 Å². The van der Waals surface area contributed by atoms with E-state index >= 15 is 0 Å². The molecule has 2 N–H and O–H groups in total. The summed E-state index contributed by atoms with van der Waals surface area (Å²) in [7, 11) is 2.06. The largest absolute Gasteiger partial charge is 0.319 e. The van der Waals surface area contributed by atoms with Gasteiger partial charge < -0.3 is 5.32 Å². The number of nitrogens with one attached hydrogen (secondary N) is 2. The van der Waals surface area contributed by atoms with Crippen LogP contribution in [0.15, 0.2) is 0 Å². The molecule has 0 unspecified atom stereocenters. The van der Waals surface area contributed by atoms with Crippen molar-refractivity contribution >= 4 is 11.9 Å². The monoisotopic (exact) mass is 202 g/mol. The van der Waals surface area contributed by atoms with Gasteiger partial charge in [-0.15, -0.1) is 0 Å². The van der Waals surface area contributed by atoms with Crippen molar-refractivity contribution in [3.8, 4) is 0 Å². The van der Waals surface area contributed by atoms with Gasteiger partial charge in [-0.25, -0.2) is 0 Å². The molecule has 0 aromatic carbocycles. The average Bonchev–Trinajstić information content (AvgIpc) is 2.17. The molecule has 1 aliphatic rings. The fourth-order valence-electron chi connectivity index (χ4n) is 2.32. The molecule has 0 amide bonds. The van der Waals surface area contributed by atoms with Crippen LogP contribution < -0.4 is 10.0 Å². The predicted molar refractivity (Wildman–Crippen MR) is 61.0 cm³/mol. The van der Waals surface area contributed by atoms with Crippen LogP contribution in [-0.2, 0) is 0 Å². The Hall–Kier alpha value is 0.270. The van der Waals surface area contributed by atoms with Crippen LogP contribution in [0.1, 0.15) is 32.1 Å². The van der Waals surface area contributed by atoms with Crippen LogP contribution in [0.3, 0.4) is 0 Å². The predicted octanol–water partition coefficient (Wildman–Crippen LogP) is 2.02. The van der Waals surface area contributed by atoms with Gasteiger partial charge in [0.2, 0.25) is 0 Å². The maximum absolute atomic E-state index is 3.42. The summed E-state index contributed by atoms with van der Waals surface area (Å²) in [6, 6.07) is 0. The van der Waals surface area contributed by atoms with Crippen molar-refractivity contribution in [3.05, 3.63) is 0 Å². The van der Waals surface area contributed by atoms with E-state index in [4.69, 9.17) is 0 Å². The minimum absolute atomic E-state index is 0.538. The second-order valence-corrected chi connectivity index (χ2v) is 4.81. The van der Waals surface area contributed by atoms with Gasteiger partial charge in [0.1, 0.15) is 0 Å². The first-order valence-corrected chi connectivity index (χ1v) is 6.46. The summed E-state index contributed by atoms with van der Waals surface area (Å²) in [5.74, 6) is 0. The van der Waals surface area contributed by atoms with Crippen LogP contribution >= 0.6 is 11.9 Å². The van der Waals surface area contributed by atoms with Crippen LogP contribution in [0.2, 0.25) is 0 Å². The molecular weight excluding hydrogens is 180 g/mol. The van der Waals surface area contributed by atoms with Gasteiger partial charge >= 0.3 is 0 Å². The van der Waals surface area contributed by atoms with Gasteiger partial charge in [-0.3, -0.25) is 4.72 Å². The van der Waals surface area contributed by atoms with Crippen molar-refractivity contribution in [1.29, 1.82) is 0 Å². The fourth-order valence-corrected chi connectivity index (χ4v) is 2.77. The van der Waals surface area contributed by atoms with E-state index in [1.54, 1.807) is 11.9 Å². The van der Waals surface area contributed by atoms with E-state index in [9.17, 15) is 0 Å². The molecule has 3 heteroatoms. The molecule has 1 aliphatic carbocycles. The highest BCUT2D eigenvalue weighted by Gasteiger charge is 2.30. The first kappa shape index (κ1) is 11.3. The van der Waals surface area contributed by atoms with Gasteiger partial charge in [0, 0.05) is 13.1 Å². The normalized spacial score (nSPS) is 21.7. The Balaban J connectivity index is 2.40. The molecule has 1 fully saturated rings. The van der Waals surface area contributed by atoms with Gasteiger partial charge in [-0.1, -0.05) is 31.2 Å². The topological polar surface area (TPSA) is 24.1 Å². The lowest BCUT2D eigenvalue weighted by molar-refractivity contribution is 0.191. The maximum atomic E-state index is 3.42. The molecule has 1 saturated carbocycles. The molecule has 0 aliphatic heterocycles. The Morgan fingerprint density at radius 3 is 2.38 bits per heavy atom. The second kappa shape index (κ2) is 5.89. The molecule has 0 bridgehead atoms. The van der Waals surface area contributed by atoms with Crippen molar-refractivity contribution in [3.63, 3.8) is 0 Å². The van der Waals surface area contributed by atoms with E-state index in [2.05, 4.69) is 23.3 Å². The van der Waals surface area contributed by atoms with Crippen molar-refractivity contribution in [2.75, 3.05) is 26.4 Å². The Labute approximate surface area is 86.4 Å². The molecule has 0 atom stereocenters.